The average Bonchev–Trinajstić information content (AvgIpc) is 2.29. The van der Waals surface area contributed by atoms with Crippen molar-refractivity contribution in [2.24, 2.45) is 0 Å². The molecule has 0 aliphatic carbocycles. The molecule has 1 aromatic heterocycles. The molecule has 2 nitrogen and oxygen atoms in total. The lowest BCUT2D eigenvalue weighted by molar-refractivity contribution is 0.704. The van der Waals surface area contributed by atoms with Crippen LogP contribution in [0.4, 0.5) is 0 Å². The number of aromatic nitrogens is 1. The zero-order valence-electron chi connectivity index (χ0n) is 9.71. The zero-order chi connectivity index (χ0) is 11.1. The van der Waals surface area contributed by atoms with Gasteiger partial charge in [-0.3, -0.25) is 4.98 Å². The molecule has 0 atom stereocenters. The maximum absolute atomic E-state index is 4.38. The van der Waals surface area contributed by atoms with E-state index in [1.807, 2.05) is 12.3 Å². The van der Waals surface area contributed by atoms with Gasteiger partial charge in [0.1, 0.15) is 0 Å². The number of aryl methyl sites for hydroxylation is 1. The molecular weight excluding hydrogens is 184 g/mol. The molecule has 0 amide bonds. The van der Waals surface area contributed by atoms with Crippen molar-refractivity contribution in [2.75, 3.05) is 6.54 Å². The summed E-state index contributed by atoms with van der Waals surface area (Å²) in [5.74, 6) is 0. The largest absolute Gasteiger partial charge is 0.307 e. The van der Waals surface area contributed by atoms with Crippen molar-refractivity contribution in [3.8, 4) is 0 Å². The van der Waals surface area contributed by atoms with E-state index in [4.69, 9.17) is 0 Å². The summed E-state index contributed by atoms with van der Waals surface area (Å²) in [6, 6.07) is 4.13. The first-order valence-corrected chi connectivity index (χ1v) is 5.58. The lowest BCUT2D eigenvalue weighted by atomic mass is 10.1. The number of nitrogens with zero attached hydrogens (tertiary/aromatic N) is 1. The van der Waals surface area contributed by atoms with Crippen LogP contribution in [0.25, 0.3) is 0 Å². The van der Waals surface area contributed by atoms with Crippen molar-refractivity contribution < 1.29 is 0 Å². The average molecular weight is 204 g/mol. The lowest BCUT2D eigenvalue weighted by Crippen LogP contribution is -2.17. The standard InChI is InChI=1S/C13H20N2/c1-4-11(3)9-14-10-13-12(5-2)7-6-8-15-13/h6-8,14H,3-5,9-10H2,1-2H3. The summed E-state index contributed by atoms with van der Waals surface area (Å²) in [6.07, 6.45) is 3.93. The molecule has 0 radical (unpaired) electrons. The normalized spacial score (nSPS) is 10.3. The second kappa shape index (κ2) is 6.36. The summed E-state index contributed by atoms with van der Waals surface area (Å²) < 4.78 is 0. The Hall–Kier alpha value is -1.15. The summed E-state index contributed by atoms with van der Waals surface area (Å²) in [5.41, 5.74) is 3.72. The van der Waals surface area contributed by atoms with E-state index in [9.17, 15) is 0 Å². The monoisotopic (exact) mass is 204 g/mol. The molecule has 1 heterocycles. The molecule has 0 aromatic carbocycles. The van der Waals surface area contributed by atoms with Gasteiger partial charge in [0.2, 0.25) is 0 Å². The van der Waals surface area contributed by atoms with Crippen molar-refractivity contribution in [3.05, 3.63) is 41.7 Å². The first kappa shape index (κ1) is 11.9. The van der Waals surface area contributed by atoms with Crippen LogP contribution in [0.1, 0.15) is 31.5 Å². The molecule has 1 rings (SSSR count). The first-order valence-electron chi connectivity index (χ1n) is 5.58. The maximum atomic E-state index is 4.38. The molecule has 0 bridgehead atoms. The fourth-order valence-corrected chi connectivity index (χ4v) is 1.44. The number of nitrogens with one attached hydrogen (secondary N) is 1. The topological polar surface area (TPSA) is 24.9 Å². The molecule has 82 valence electrons. The van der Waals surface area contributed by atoms with E-state index in [1.54, 1.807) is 0 Å². The maximum Gasteiger partial charge on any atom is 0.0573 e. The van der Waals surface area contributed by atoms with E-state index < -0.39 is 0 Å². The summed E-state index contributed by atoms with van der Waals surface area (Å²) in [4.78, 5) is 4.38. The number of pyridine rings is 1. The first-order chi connectivity index (χ1) is 7.27. The Bertz CT molecular complexity index is 318. The van der Waals surface area contributed by atoms with E-state index in [2.05, 4.69) is 36.8 Å². The van der Waals surface area contributed by atoms with Crippen molar-refractivity contribution in [1.29, 1.82) is 0 Å². The van der Waals surface area contributed by atoms with Gasteiger partial charge in [0.05, 0.1) is 5.69 Å². The van der Waals surface area contributed by atoms with Gasteiger partial charge in [-0.05, 0) is 24.5 Å². The highest BCUT2D eigenvalue weighted by molar-refractivity contribution is 5.19. The van der Waals surface area contributed by atoms with E-state index in [0.717, 1.165) is 31.6 Å². The molecule has 0 saturated carbocycles. The van der Waals surface area contributed by atoms with Crippen molar-refractivity contribution in [1.82, 2.24) is 10.3 Å². The van der Waals surface area contributed by atoms with E-state index in [-0.39, 0.29) is 0 Å². The van der Waals surface area contributed by atoms with Gasteiger partial charge < -0.3 is 5.32 Å². The highest BCUT2D eigenvalue weighted by atomic mass is 14.9. The predicted molar refractivity (Wildman–Crippen MR) is 64.8 cm³/mol. The van der Waals surface area contributed by atoms with Crippen LogP contribution in [0.3, 0.4) is 0 Å². The molecular formula is C13H20N2. The number of hydrogen-bond acceptors (Lipinski definition) is 2. The van der Waals surface area contributed by atoms with Crippen LogP contribution in [-0.2, 0) is 13.0 Å². The Balaban J connectivity index is 2.46. The molecule has 0 aliphatic heterocycles. The van der Waals surface area contributed by atoms with Crippen LogP contribution < -0.4 is 5.32 Å². The van der Waals surface area contributed by atoms with E-state index in [1.165, 1.54) is 11.1 Å². The third-order valence-corrected chi connectivity index (χ3v) is 2.53. The lowest BCUT2D eigenvalue weighted by Gasteiger charge is -2.08. The van der Waals surface area contributed by atoms with Gasteiger partial charge in [0.15, 0.2) is 0 Å². The molecule has 1 aromatic rings. The molecule has 0 unspecified atom stereocenters. The number of hydrogen-bond donors (Lipinski definition) is 1. The molecule has 0 fully saturated rings. The Morgan fingerprint density at radius 2 is 2.27 bits per heavy atom. The van der Waals surface area contributed by atoms with Crippen LogP contribution in [0.2, 0.25) is 0 Å². The summed E-state index contributed by atoms with van der Waals surface area (Å²) in [7, 11) is 0. The van der Waals surface area contributed by atoms with Gasteiger partial charge in [0, 0.05) is 19.3 Å². The van der Waals surface area contributed by atoms with Crippen LogP contribution in [-0.4, -0.2) is 11.5 Å². The Morgan fingerprint density at radius 3 is 2.93 bits per heavy atom. The fraction of sp³-hybridized carbons (Fsp3) is 0.462. The number of rotatable bonds is 6. The predicted octanol–water partition coefficient (Wildman–Crippen LogP) is 2.70. The SMILES string of the molecule is C=C(CC)CNCc1ncccc1CC. The molecule has 0 saturated heterocycles. The third-order valence-electron chi connectivity index (χ3n) is 2.53. The fourth-order valence-electron chi connectivity index (χ4n) is 1.44. The van der Waals surface area contributed by atoms with Gasteiger partial charge in [-0.25, -0.2) is 0 Å². The molecule has 1 N–H and O–H groups in total. The summed E-state index contributed by atoms with van der Waals surface area (Å²) >= 11 is 0. The molecule has 0 spiro atoms. The van der Waals surface area contributed by atoms with Gasteiger partial charge >= 0.3 is 0 Å². The van der Waals surface area contributed by atoms with Crippen LogP contribution in [0, 0.1) is 0 Å². The van der Waals surface area contributed by atoms with Gasteiger partial charge in [-0.2, -0.15) is 0 Å². The van der Waals surface area contributed by atoms with Crippen molar-refractivity contribution >= 4 is 0 Å². The Kier molecular flexibility index (Phi) is 5.05. The van der Waals surface area contributed by atoms with Gasteiger partial charge in [0.25, 0.3) is 0 Å². The van der Waals surface area contributed by atoms with Crippen LogP contribution in [0.5, 0.6) is 0 Å². The highest BCUT2D eigenvalue weighted by Gasteiger charge is 2.00. The second-order valence-corrected chi connectivity index (χ2v) is 3.67. The smallest absolute Gasteiger partial charge is 0.0573 e. The summed E-state index contributed by atoms with van der Waals surface area (Å²) in [6.45, 7) is 9.97. The van der Waals surface area contributed by atoms with Crippen LogP contribution >= 0.6 is 0 Å². The highest BCUT2D eigenvalue weighted by Crippen LogP contribution is 2.05. The minimum atomic E-state index is 0.836. The summed E-state index contributed by atoms with van der Waals surface area (Å²) in [5, 5.41) is 3.37. The zero-order valence-corrected chi connectivity index (χ0v) is 9.71. The molecule has 15 heavy (non-hydrogen) atoms. The molecule has 2 heteroatoms. The van der Waals surface area contributed by atoms with Crippen molar-refractivity contribution in [3.63, 3.8) is 0 Å². The molecule has 0 aliphatic rings. The second-order valence-electron chi connectivity index (χ2n) is 3.67. The Labute approximate surface area is 92.4 Å². The minimum absolute atomic E-state index is 0.836. The quantitative estimate of drug-likeness (QED) is 0.721. The minimum Gasteiger partial charge on any atom is -0.307 e. The van der Waals surface area contributed by atoms with Crippen molar-refractivity contribution in [2.45, 2.75) is 33.2 Å². The Morgan fingerprint density at radius 1 is 1.47 bits per heavy atom. The van der Waals surface area contributed by atoms with E-state index in [0.29, 0.717) is 0 Å². The van der Waals surface area contributed by atoms with Gasteiger partial charge in [-0.1, -0.05) is 32.1 Å². The van der Waals surface area contributed by atoms with Gasteiger partial charge in [-0.15, -0.1) is 0 Å². The third kappa shape index (κ3) is 3.84. The van der Waals surface area contributed by atoms with Crippen LogP contribution in [0.15, 0.2) is 30.5 Å². The van der Waals surface area contributed by atoms with E-state index >= 15 is 0 Å².